The first-order chi connectivity index (χ1) is 9.20. The van der Waals surface area contributed by atoms with E-state index in [9.17, 15) is 0 Å². The third-order valence-corrected chi connectivity index (χ3v) is 4.30. The van der Waals surface area contributed by atoms with E-state index in [0.717, 1.165) is 25.3 Å². The molecule has 1 saturated heterocycles. The molecular formula is C13H23N5S. The maximum absolute atomic E-state index is 4.21. The van der Waals surface area contributed by atoms with Crippen molar-refractivity contribution in [1.29, 1.82) is 0 Å². The molecule has 0 saturated carbocycles. The van der Waals surface area contributed by atoms with Gasteiger partial charge in [-0.3, -0.25) is 0 Å². The average Bonchev–Trinajstić information content (AvgIpc) is 2.45. The number of anilines is 1. The Balaban J connectivity index is 1.94. The molecule has 19 heavy (non-hydrogen) atoms. The lowest BCUT2D eigenvalue weighted by Crippen LogP contribution is -2.48. The highest BCUT2D eigenvalue weighted by Gasteiger charge is 2.28. The van der Waals surface area contributed by atoms with Crippen LogP contribution < -0.4 is 9.62 Å². The number of nitrogens with one attached hydrogen (secondary N) is 1. The second-order valence-electron chi connectivity index (χ2n) is 5.11. The van der Waals surface area contributed by atoms with Crippen LogP contribution in [0.5, 0.6) is 0 Å². The monoisotopic (exact) mass is 281 g/mol. The zero-order valence-corrected chi connectivity index (χ0v) is 12.7. The van der Waals surface area contributed by atoms with E-state index in [2.05, 4.69) is 45.1 Å². The van der Waals surface area contributed by atoms with Crippen molar-refractivity contribution >= 4 is 18.0 Å². The quantitative estimate of drug-likeness (QED) is 0.830. The van der Waals surface area contributed by atoms with E-state index in [1.807, 2.05) is 12.1 Å². The van der Waals surface area contributed by atoms with Gasteiger partial charge in [0, 0.05) is 37.5 Å². The standard InChI is InChI=1S/C13H23N5S/c1-4-11-10-18(13-6-5-8-14-15-13)9-7-12(11)16-19-17(2)3/h5-6,8,11-12,16H,4,7,9-10H2,1-3H3. The summed E-state index contributed by atoms with van der Waals surface area (Å²) in [5, 5.41) is 8.18. The Morgan fingerprint density at radius 3 is 3.00 bits per heavy atom. The smallest absolute Gasteiger partial charge is 0.151 e. The van der Waals surface area contributed by atoms with Gasteiger partial charge in [0.15, 0.2) is 5.82 Å². The molecule has 1 fully saturated rings. The zero-order valence-electron chi connectivity index (χ0n) is 11.9. The molecule has 0 amide bonds. The highest BCUT2D eigenvalue weighted by atomic mass is 32.2. The predicted octanol–water partition coefficient (Wildman–Crippen LogP) is 1.80. The van der Waals surface area contributed by atoms with Crippen LogP contribution in [0.4, 0.5) is 5.82 Å². The summed E-state index contributed by atoms with van der Waals surface area (Å²) in [4.78, 5) is 2.35. The Morgan fingerprint density at radius 1 is 1.53 bits per heavy atom. The van der Waals surface area contributed by atoms with Crippen LogP contribution >= 0.6 is 12.1 Å². The Bertz CT molecular complexity index is 373. The molecule has 1 aromatic heterocycles. The van der Waals surface area contributed by atoms with Crippen molar-refractivity contribution in [2.45, 2.75) is 25.8 Å². The van der Waals surface area contributed by atoms with Gasteiger partial charge in [0.05, 0.1) is 0 Å². The molecule has 1 aliphatic rings. The Labute approximate surface area is 120 Å². The molecule has 2 rings (SSSR count). The third-order valence-electron chi connectivity index (χ3n) is 3.53. The van der Waals surface area contributed by atoms with Crippen LogP contribution in [0, 0.1) is 5.92 Å². The minimum Gasteiger partial charge on any atom is -0.355 e. The fraction of sp³-hybridized carbons (Fsp3) is 0.692. The average molecular weight is 281 g/mol. The minimum atomic E-state index is 0.574. The molecule has 0 aromatic carbocycles. The van der Waals surface area contributed by atoms with Gasteiger partial charge < -0.3 is 4.90 Å². The van der Waals surface area contributed by atoms with Gasteiger partial charge in [0.2, 0.25) is 0 Å². The van der Waals surface area contributed by atoms with Crippen molar-refractivity contribution in [3.8, 4) is 0 Å². The Morgan fingerprint density at radius 2 is 2.37 bits per heavy atom. The second kappa shape index (κ2) is 7.07. The summed E-state index contributed by atoms with van der Waals surface area (Å²) in [5.74, 6) is 1.66. The molecule has 5 nitrogen and oxygen atoms in total. The highest BCUT2D eigenvalue weighted by Crippen LogP contribution is 2.25. The lowest BCUT2D eigenvalue weighted by atomic mass is 9.91. The van der Waals surface area contributed by atoms with Crippen molar-refractivity contribution in [1.82, 2.24) is 19.2 Å². The van der Waals surface area contributed by atoms with Crippen LogP contribution in [0.15, 0.2) is 18.3 Å². The lowest BCUT2D eigenvalue weighted by molar-refractivity contribution is 0.329. The molecular weight excluding hydrogens is 258 g/mol. The molecule has 106 valence electrons. The first-order valence-corrected chi connectivity index (χ1v) is 7.60. The first kappa shape index (κ1) is 14.6. The maximum Gasteiger partial charge on any atom is 0.151 e. The molecule has 0 aliphatic carbocycles. The highest BCUT2D eigenvalue weighted by molar-refractivity contribution is 7.95. The lowest BCUT2D eigenvalue weighted by Gasteiger charge is -2.39. The molecule has 2 atom stereocenters. The van der Waals surface area contributed by atoms with Crippen molar-refractivity contribution in [2.75, 3.05) is 32.1 Å². The SMILES string of the molecule is CCC1CN(c2cccnn2)CCC1NSN(C)C. The van der Waals surface area contributed by atoms with Crippen LogP contribution in [-0.2, 0) is 0 Å². The van der Waals surface area contributed by atoms with Crippen LogP contribution in [0.25, 0.3) is 0 Å². The van der Waals surface area contributed by atoms with E-state index in [1.54, 1.807) is 18.3 Å². The molecule has 1 aliphatic heterocycles. The number of hydrogen-bond donors (Lipinski definition) is 1. The van der Waals surface area contributed by atoms with E-state index in [-0.39, 0.29) is 0 Å². The summed E-state index contributed by atoms with van der Waals surface area (Å²) in [7, 11) is 4.13. The van der Waals surface area contributed by atoms with E-state index >= 15 is 0 Å². The summed E-state index contributed by atoms with van der Waals surface area (Å²) < 4.78 is 5.67. The molecule has 0 spiro atoms. The van der Waals surface area contributed by atoms with Gasteiger partial charge in [0.25, 0.3) is 0 Å². The molecule has 2 unspecified atom stereocenters. The summed E-state index contributed by atoms with van der Waals surface area (Å²) in [6.45, 7) is 4.36. The number of nitrogens with zero attached hydrogens (tertiary/aromatic N) is 4. The van der Waals surface area contributed by atoms with Crippen molar-refractivity contribution in [3.05, 3.63) is 18.3 Å². The summed E-state index contributed by atoms with van der Waals surface area (Å²) in [6.07, 6.45) is 4.06. The third kappa shape index (κ3) is 4.06. The molecule has 1 N–H and O–H groups in total. The summed E-state index contributed by atoms with van der Waals surface area (Å²) >= 11 is 1.69. The van der Waals surface area contributed by atoms with Crippen LogP contribution in [0.1, 0.15) is 19.8 Å². The fourth-order valence-corrected chi connectivity index (χ4v) is 3.10. The molecule has 1 aromatic rings. The van der Waals surface area contributed by atoms with E-state index in [1.165, 1.54) is 6.42 Å². The fourth-order valence-electron chi connectivity index (χ4n) is 2.44. The van der Waals surface area contributed by atoms with Crippen molar-refractivity contribution in [2.24, 2.45) is 5.92 Å². The van der Waals surface area contributed by atoms with Gasteiger partial charge in [-0.1, -0.05) is 13.3 Å². The summed E-state index contributed by atoms with van der Waals surface area (Å²) in [6, 6.07) is 4.57. The molecule has 0 radical (unpaired) electrons. The van der Waals surface area contributed by atoms with Crippen LogP contribution in [0.3, 0.4) is 0 Å². The van der Waals surface area contributed by atoms with Crippen molar-refractivity contribution in [3.63, 3.8) is 0 Å². The number of rotatable bonds is 5. The van der Waals surface area contributed by atoms with Gasteiger partial charge in [-0.15, -0.1) is 5.10 Å². The van der Waals surface area contributed by atoms with Gasteiger partial charge in [0.1, 0.15) is 0 Å². The number of hydrogen-bond acceptors (Lipinski definition) is 6. The van der Waals surface area contributed by atoms with Crippen LogP contribution in [-0.4, -0.2) is 47.7 Å². The zero-order chi connectivity index (χ0) is 13.7. The minimum absolute atomic E-state index is 0.574. The van der Waals surface area contributed by atoms with Gasteiger partial charge >= 0.3 is 0 Å². The van der Waals surface area contributed by atoms with E-state index < -0.39 is 0 Å². The Kier molecular flexibility index (Phi) is 5.42. The number of piperidine rings is 1. The molecule has 2 heterocycles. The summed E-state index contributed by atoms with van der Waals surface area (Å²) in [5.41, 5.74) is 0. The van der Waals surface area contributed by atoms with Crippen molar-refractivity contribution < 1.29 is 0 Å². The Hall–Kier alpha value is -0.850. The first-order valence-electron chi connectivity index (χ1n) is 6.83. The van der Waals surface area contributed by atoms with E-state index in [0.29, 0.717) is 12.0 Å². The predicted molar refractivity (Wildman–Crippen MR) is 80.8 cm³/mol. The topological polar surface area (TPSA) is 44.3 Å². The van der Waals surface area contributed by atoms with Gasteiger partial charge in [-0.25, -0.2) is 9.03 Å². The van der Waals surface area contributed by atoms with Crippen LogP contribution in [0.2, 0.25) is 0 Å². The largest absolute Gasteiger partial charge is 0.355 e. The normalized spacial score (nSPS) is 23.9. The molecule has 0 bridgehead atoms. The van der Waals surface area contributed by atoms with Gasteiger partial charge in [-0.05, 0) is 38.6 Å². The van der Waals surface area contributed by atoms with E-state index in [4.69, 9.17) is 0 Å². The maximum atomic E-state index is 4.21. The number of aromatic nitrogens is 2. The second-order valence-corrected chi connectivity index (χ2v) is 6.26. The van der Waals surface area contributed by atoms with Gasteiger partial charge in [-0.2, -0.15) is 5.10 Å². The molecule has 6 heteroatoms.